The van der Waals surface area contributed by atoms with Gasteiger partial charge in [-0.3, -0.25) is 0 Å². The second-order valence-corrected chi connectivity index (χ2v) is 5.27. The minimum atomic E-state index is -0.129. The average molecular weight is 213 g/mol. The molecule has 0 aliphatic carbocycles. The number of rotatable bonds is 1. The first kappa shape index (κ1) is 11.4. The Labute approximate surface area is 90.7 Å². The lowest BCUT2D eigenvalue weighted by molar-refractivity contribution is 0.560. The third kappa shape index (κ3) is 2.68. The van der Waals surface area contributed by atoms with Crippen LogP contribution in [-0.2, 0) is 5.41 Å². The lowest BCUT2D eigenvalue weighted by Crippen LogP contribution is -2.16. The summed E-state index contributed by atoms with van der Waals surface area (Å²) in [5.41, 5.74) is 2.08. The van der Waals surface area contributed by atoms with Crippen LogP contribution < -0.4 is 0 Å². The Balaban J connectivity index is 3.21. The predicted octanol–water partition coefficient (Wildman–Crippen LogP) is 3.38. The number of alkyl halides is 1. The number of hydrogen-bond acceptors (Lipinski definition) is 2. The van der Waals surface area contributed by atoms with Crippen molar-refractivity contribution in [2.45, 2.75) is 45.4 Å². The van der Waals surface area contributed by atoms with Crippen molar-refractivity contribution in [1.82, 2.24) is 9.97 Å². The molecule has 0 aliphatic rings. The van der Waals surface area contributed by atoms with Crippen LogP contribution in [0.5, 0.6) is 0 Å². The zero-order chi connectivity index (χ0) is 10.9. The van der Waals surface area contributed by atoms with Gasteiger partial charge in [0.05, 0.1) is 5.38 Å². The molecule has 0 radical (unpaired) electrons. The summed E-state index contributed by atoms with van der Waals surface area (Å²) < 4.78 is 0. The highest BCUT2D eigenvalue weighted by atomic mass is 35.5. The van der Waals surface area contributed by atoms with Gasteiger partial charge in [0.1, 0.15) is 5.82 Å². The van der Waals surface area contributed by atoms with Crippen LogP contribution in [0, 0.1) is 6.92 Å². The molecule has 0 amide bonds. The van der Waals surface area contributed by atoms with Crippen molar-refractivity contribution in [2.24, 2.45) is 0 Å². The summed E-state index contributed by atoms with van der Waals surface area (Å²) in [5.74, 6) is 0.719. The third-order valence-electron chi connectivity index (χ3n) is 2.00. The van der Waals surface area contributed by atoms with Crippen LogP contribution in [0.25, 0.3) is 0 Å². The SMILES string of the molecule is Cc1cc(C(C)(C)C)nc(C(C)Cl)n1. The van der Waals surface area contributed by atoms with Gasteiger partial charge in [0, 0.05) is 16.8 Å². The molecule has 3 heteroatoms. The summed E-state index contributed by atoms with van der Waals surface area (Å²) in [6.07, 6.45) is 0. The number of halogens is 1. The molecule has 0 fully saturated rings. The highest BCUT2D eigenvalue weighted by molar-refractivity contribution is 6.20. The van der Waals surface area contributed by atoms with Crippen molar-refractivity contribution >= 4 is 11.6 Å². The maximum Gasteiger partial charge on any atom is 0.146 e. The predicted molar refractivity (Wildman–Crippen MR) is 59.7 cm³/mol. The lowest BCUT2D eigenvalue weighted by Gasteiger charge is -2.19. The van der Waals surface area contributed by atoms with Gasteiger partial charge in [-0.25, -0.2) is 9.97 Å². The topological polar surface area (TPSA) is 25.8 Å². The Morgan fingerprint density at radius 3 is 2.29 bits per heavy atom. The van der Waals surface area contributed by atoms with E-state index >= 15 is 0 Å². The summed E-state index contributed by atoms with van der Waals surface area (Å²) in [6, 6.07) is 2.02. The Morgan fingerprint density at radius 2 is 1.86 bits per heavy atom. The summed E-state index contributed by atoms with van der Waals surface area (Å²) in [4.78, 5) is 8.77. The molecule has 0 aliphatic heterocycles. The Bertz CT molecular complexity index is 327. The van der Waals surface area contributed by atoms with Crippen LogP contribution >= 0.6 is 11.6 Å². The summed E-state index contributed by atoms with van der Waals surface area (Å²) in [6.45, 7) is 10.3. The fourth-order valence-electron chi connectivity index (χ4n) is 1.15. The van der Waals surface area contributed by atoms with E-state index in [-0.39, 0.29) is 10.8 Å². The smallest absolute Gasteiger partial charge is 0.146 e. The quantitative estimate of drug-likeness (QED) is 0.667. The Hall–Kier alpha value is -0.630. The molecule has 0 saturated carbocycles. The number of nitrogens with zero attached hydrogens (tertiary/aromatic N) is 2. The standard InChI is InChI=1S/C11H17ClN2/c1-7-6-9(11(3,4)5)14-10(13-7)8(2)12/h6,8H,1-5H3. The van der Waals surface area contributed by atoms with E-state index in [1.807, 2.05) is 19.9 Å². The van der Waals surface area contributed by atoms with E-state index < -0.39 is 0 Å². The average Bonchev–Trinajstić information content (AvgIpc) is 2.01. The van der Waals surface area contributed by atoms with Gasteiger partial charge in [-0.05, 0) is 19.9 Å². The van der Waals surface area contributed by atoms with E-state index in [1.165, 1.54) is 0 Å². The number of aryl methyl sites for hydroxylation is 1. The van der Waals surface area contributed by atoms with E-state index in [1.54, 1.807) is 0 Å². The van der Waals surface area contributed by atoms with Gasteiger partial charge >= 0.3 is 0 Å². The van der Waals surface area contributed by atoms with Crippen molar-refractivity contribution < 1.29 is 0 Å². The molecule has 78 valence electrons. The van der Waals surface area contributed by atoms with Gasteiger partial charge in [0.25, 0.3) is 0 Å². The summed E-state index contributed by atoms with van der Waals surface area (Å²) in [5, 5.41) is -0.129. The van der Waals surface area contributed by atoms with Gasteiger partial charge in [-0.15, -0.1) is 11.6 Å². The molecule has 0 bridgehead atoms. The van der Waals surface area contributed by atoms with Crippen LogP contribution in [0.3, 0.4) is 0 Å². The molecular formula is C11H17ClN2. The highest BCUT2D eigenvalue weighted by Gasteiger charge is 2.18. The van der Waals surface area contributed by atoms with Crippen molar-refractivity contribution in [3.63, 3.8) is 0 Å². The highest BCUT2D eigenvalue weighted by Crippen LogP contribution is 2.23. The first-order valence-corrected chi connectivity index (χ1v) is 5.24. The van der Waals surface area contributed by atoms with Gasteiger partial charge in [-0.1, -0.05) is 20.8 Å². The van der Waals surface area contributed by atoms with E-state index in [4.69, 9.17) is 11.6 Å². The van der Waals surface area contributed by atoms with Crippen molar-refractivity contribution in [2.75, 3.05) is 0 Å². The van der Waals surface area contributed by atoms with E-state index in [2.05, 4.69) is 30.7 Å². The minimum absolute atomic E-state index is 0.0498. The molecule has 2 nitrogen and oxygen atoms in total. The van der Waals surface area contributed by atoms with Crippen LogP contribution in [0.1, 0.15) is 50.3 Å². The lowest BCUT2D eigenvalue weighted by atomic mass is 9.91. The fraction of sp³-hybridized carbons (Fsp3) is 0.636. The van der Waals surface area contributed by atoms with Crippen molar-refractivity contribution in [3.8, 4) is 0 Å². The Kier molecular flexibility index (Phi) is 3.15. The van der Waals surface area contributed by atoms with Crippen LogP contribution in [0.2, 0.25) is 0 Å². The third-order valence-corrected chi connectivity index (χ3v) is 2.19. The van der Waals surface area contributed by atoms with Crippen LogP contribution in [0.15, 0.2) is 6.07 Å². The normalized spacial score (nSPS) is 14.1. The van der Waals surface area contributed by atoms with Crippen molar-refractivity contribution in [3.05, 3.63) is 23.3 Å². The molecule has 1 atom stereocenters. The second-order valence-electron chi connectivity index (χ2n) is 4.62. The zero-order valence-electron chi connectivity index (χ0n) is 9.43. The summed E-state index contributed by atoms with van der Waals surface area (Å²) >= 11 is 5.97. The molecular weight excluding hydrogens is 196 g/mol. The minimum Gasteiger partial charge on any atom is -0.237 e. The molecule has 0 spiro atoms. The van der Waals surface area contributed by atoms with Crippen LogP contribution in [0.4, 0.5) is 0 Å². The Morgan fingerprint density at radius 1 is 1.29 bits per heavy atom. The van der Waals surface area contributed by atoms with Crippen molar-refractivity contribution in [1.29, 1.82) is 0 Å². The van der Waals surface area contributed by atoms with Gasteiger partial charge in [-0.2, -0.15) is 0 Å². The molecule has 1 heterocycles. The molecule has 1 aromatic heterocycles. The molecule has 14 heavy (non-hydrogen) atoms. The van der Waals surface area contributed by atoms with Gasteiger partial charge in [0.2, 0.25) is 0 Å². The van der Waals surface area contributed by atoms with Gasteiger partial charge < -0.3 is 0 Å². The number of aromatic nitrogens is 2. The molecule has 0 N–H and O–H groups in total. The molecule has 0 aromatic carbocycles. The maximum atomic E-state index is 5.97. The molecule has 1 aromatic rings. The zero-order valence-corrected chi connectivity index (χ0v) is 10.2. The van der Waals surface area contributed by atoms with E-state index in [0.29, 0.717) is 0 Å². The molecule has 1 unspecified atom stereocenters. The first-order chi connectivity index (χ1) is 6.30. The summed E-state index contributed by atoms with van der Waals surface area (Å²) in [7, 11) is 0. The first-order valence-electron chi connectivity index (χ1n) is 4.81. The second kappa shape index (κ2) is 3.85. The number of hydrogen-bond donors (Lipinski definition) is 0. The fourth-order valence-corrected chi connectivity index (χ4v) is 1.25. The van der Waals surface area contributed by atoms with Crippen LogP contribution in [-0.4, -0.2) is 9.97 Å². The monoisotopic (exact) mass is 212 g/mol. The van der Waals surface area contributed by atoms with Gasteiger partial charge in [0.15, 0.2) is 0 Å². The maximum absolute atomic E-state index is 5.97. The molecule has 0 saturated heterocycles. The van der Waals surface area contributed by atoms with E-state index in [0.717, 1.165) is 17.2 Å². The molecule has 1 rings (SSSR count). The van der Waals surface area contributed by atoms with E-state index in [9.17, 15) is 0 Å². The largest absolute Gasteiger partial charge is 0.237 e.